The quantitative estimate of drug-likeness (QED) is 0.707. The van der Waals surface area contributed by atoms with Crippen molar-refractivity contribution in [3.8, 4) is 0 Å². The monoisotopic (exact) mass is 253 g/mol. The van der Waals surface area contributed by atoms with Crippen molar-refractivity contribution in [1.82, 2.24) is 0 Å². The lowest BCUT2D eigenvalue weighted by atomic mass is 10.0. The van der Waals surface area contributed by atoms with Gasteiger partial charge in [0.15, 0.2) is 0 Å². The molecule has 102 valence electrons. The van der Waals surface area contributed by atoms with Crippen LogP contribution in [0.15, 0.2) is 18.2 Å². The second-order valence-electron chi connectivity index (χ2n) is 4.82. The van der Waals surface area contributed by atoms with Crippen LogP contribution < -0.4 is 5.73 Å². The largest absolute Gasteiger partial charge is 0.399 e. The molecule has 1 unspecified atom stereocenters. The summed E-state index contributed by atoms with van der Waals surface area (Å²) in [7, 11) is 0. The molecule has 2 nitrogen and oxygen atoms in total. The average Bonchev–Trinajstić information content (AvgIpc) is 2.32. The van der Waals surface area contributed by atoms with Crippen LogP contribution >= 0.6 is 0 Å². The molecule has 0 spiro atoms. The Balaban J connectivity index is 2.35. The first-order valence-electron chi connectivity index (χ1n) is 6.78. The molecule has 0 saturated carbocycles. The number of halogens is 1. The van der Waals surface area contributed by atoms with Gasteiger partial charge in [-0.05, 0) is 36.1 Å². The zero-order valence-corrected chi connectivity index (χ0v) is 11.4. The van der Waals surface area contributed by atoms with Crippen molar-refractivity contribution in [2.45, 2.75) is 46.1 Å². The van der Waals surface area contributed by atoms with Crippen LogP contribution in [0.4, 0.5) is 10.1 Å². The standard InChI is InChI=1S/C15H24FNO/c1-3-5-6-12(4-2)10-18-11-13-7-14(16)9-15(17)8-13/h7-9,12H,3-6,10-11,17H2,1-2H3. The molecule has 1 aromatic rings. The number of nitrogen functional groups attached to an aromatic ring is 1. The lowest BCUT2D eigenvalue weighted by Gasteiger charge is -2.14. The Morgan fingerprint density at radius 3 is 2.67 bits per heavy atom. The maximum Gasteiger partial charge on any atom is 0.125 e. The minimum Gasteiger partial charge on any atom is -0.399 e. The van der Waals surface area contributed by atoms with Crippen LogP contribution in [0.2, 0.25) is 0 Å². The minimum atomic E-state index is -0.299. The molecule has 0 aliphatic rings. The van der Waals surface area contributed by atoms with Crippen molar-refractivity contribution >= 4 is 5.69 Å². The third-order valence-corrected chi connectivity index (χ3v) is 3.15. The SMILES string of the molecule is CCCCC(CC)COCc1cc(N)cc(F)c1. The van der Waals surface area contributed by atoms with Gasteiger partial charge in [0.25, 0.3) is 0 Å². The third-order valence-electron chi connectivity index (χ3n) is 3.15. The van der Waals surface area contributed by atoms with E-state index in [2.05, 4.69) is 13.8 Å². The predicted molar refractivity (Wildman–Crippen MR) is 73.8 cm³/mol. The van der Waals surface area contributed by atoms with Gasteiger partial charge in [-0.15, -0.1) is 0 Å². The molecular formula is C15H24FNO. The van der Waals surface area contributed by atoms with Gasteiger partial charge in [-0.25, -0.2) is 4.39 Å². The van der Waals surface area contributed by atoms with Gasteiger partial charge >= 0.3 is 0 Å². The first-order valence-corrected chi connectivity index (χ1v) is 6.78. The number of ether oxygens (including phenoxy) is 1. The smallest absolute Gasteiger partial charge is 0.125 e. The fraction of sp³-hybridized carbons (Fsp3) is 0.600. The molecule has 0 fully saturated rings. The van der Waals surface area contributed by atoms with Crippen LogP contribution in [0.3, 0.4) is 0 Å². The summed E-state index contributed by atoms with van der Waals surface area (Å²) >= 11 is 0. The fourth-order valence-electron chi connectivity index (χ4n) is 2.00. The van der Waals surface area contributed by atoms with E-state index in [1.165, 1.54) is 31.4 Å². The van der Waals surface area contributed by atoms with Crippen LogP contribution in [0.25, 0.3) is 0 Å². The van der Waals surface area contributed by atoms with Crippen molar-refractivity contribution in [3.05, 3.63) is 29.6 Å². The second-order valence-corrected chi connectivity index (χ2v) is 4.82. The maximum atomic E-state index is 13.1. The van der Waals surface area contributed by atoms with Crippen LogP contribution in [-0.4, -0.2) is 6.61 Å². The van der Waals surface area contributed by atoms with E-state index >= 15 is 0 Å². The molecule has 0 aliphatic carbocycles. The summed E-state index contributed by atoms with van der Waals surface area (Å²) in [5.74, 6) is 0.308. The molecular weight excluding hydrogens is 229 g/mol. The molecule has 0 aliphatic heterocycles. The van der Waals surface area contributed by atoms with E-state index in [-0.39, 0.29) is 5.82 Å². The maximum absolute atomic E-state index is 13.1. The topological polar surface area (TPSA) is 35.2 Å². The van der Waals surface area contributed by atoms with Crippen LogP contribution in [0.1, 0.15) is 45.1 Å². The molecule has 1 aromatic carbocycles. The molecule has 2 N–H and O–H groups in total. The number of hydrogen-bond acceptors (Lipinski definition) is 2. The van der Waals surface area contributed by atoms with E-state index in [0.717, 1.165) is 18.6 Å². The Hall–Kier alpha value is -1.09. The van der Waals surface area contributed by atoms with Crippen molar-refractivity contribution in [3.63, 3.8) is 0 Å². The van der Waals surface area contributed by atoms with Crippen molar-refractivity contribution in [2.24, 2.45) is 5.92 Å². The Morgan fingerprint density at radius 2 is 2.06 bits per heavy atom. The third kappa shape index (κ3) is 5.50. The lowest BCUT2D eigenvalue weighted by Crippen LogP contribution is -2.09. The number of hydrogen-bond donors (Lipinski definition) is 1. The molecule has 0 saturated heterocycles. The first kappa shape index (κ1) is 15.0. The van der Waals surface area contributed by atoms with Crippen LogP contribution in [0.5, 0.6) is 0 Å². The number of nitrogens with two attached hydrogens (primary N) is 1. The highest BCUT2D eigenvalue weighted by molar-refractivity contribution is 5.41. The summed E-state index contributed by atoms with van der Waals surface area (Å²) in [6.45, 7) is 5.56. The van der Waals surface area contributed by atoms with Gasteiger partial charge in [0.05, 0.1) is 6.61 Å². The van der Waals surface area contributed by atoms with Gasteiger partial charge in [-0.3, -0.25) is 0 Å². The summed E-state index contributed by atoms with van der Waals surface area (Å²) in [6, 6.07) is 4.55. The zero-order chi connectivity index (χ0) is 13.4. The summed E-state index contributed by atoms with van der Waals surface area (Å²) < 4.78 is 18.8. The van der Waals surface area contributed by atoms with Gasteiger partial charge in [0.1, 0.15) is 5.82 Å². The van der Waals surface area contributed by atoms with Gasteiger partial charge in [0.2, 0.25) is 0 Å². The fourth-order valence-corrected chi connectivity index (χ4v) is 2.00. The molecule has 3 heteroatoms. The Labute approximate surface area is 109 Å². The molecule has 1 atom stereocenters. The van der Waals surface area contributed by atoms with E-state index in [9.17, 15) is 4.39 Å². The lowest BCUT2D eigenvalue weighted by molar-refractivity contribution is 0.0818. The Kier molecular flexibility index (Phi) is 6.73. The molecule has 0 radical (unpaired) electrons. The second kappa shape index (κ2) is 8.09. The molecule has 18 heavy (non-hydrogen) atoms. The number of benzene rings is 1. The molecule has 0 aromatic heterocycles. The van der Waals surface area contributed by atoms with E-state index in [4.69, 9.17) is 10.5 Å². The van der Waals surface area contributed by atoms with Gasteiger partial charge in [-0.2, -0.15) is 0 Å². The molecule has 0 bridgehead atoms. The predicted octanol–water partition coefficient (Wildman–Crippen LogP) is 4.14. The van der Waals surface area contributed by atoms with E-state index in [1.807, 2.05) is 0 Å². The van der Waals surface area contributed by atoms with Gasteiger partial charge in [-0.1, -0.05) is 33.1 Å². The normalized spacial score (nSPS) is 12.6. The van der Waals surface area contributed by atoms with Crippen molar-refractivity contribution < 1.29 is 9.13 Å². The highest BCUT2D eigenvalue weighted by atomic mass is 19.1. The highest BCUT2D eigenvalue weighted by Gasteiger charge is 2.06. The Morgan fingerprint density at radius 1 is 1.28 bits per heavy atom. The van der Waals surface area contributed by atoms with E-state index in [1.54, 1.807) is 6.07 Å². The van der Waals surface area contributed by atoms with Crippen molar-refractivity contribution in [1.29, 1.82) is 0 Å². The summed E-state index contributed by atoms with van der Waals surface area (Å²) in [5, 5.41) is 0. The highest BCUT2D eigenvalue weighted by Crippen LogP contribution is 2.15. The summed E-state index contributed by atoms with van der Waals surface area (Å²) in [5.41, 5.74) is 6.84. The number of anilines is 1. The minimum absolute atomic E-state index is 0.299. The first-order chi connectivity index (χ1) is 8.65. The molecule has 0 heterocycles. The van der Waals surface area contributed by atoms with Gasteiger partial charge < -0.3 is 10.5 Å². The van der Waals surface area contributed by atoms with E-state index in [0.29, 0.717) is 18.2 Å². The zero-order valence-electron chi connectivity index (χ0n) is 11.4. The van der Waals surface area contributed by atoms with Crippen molar-refractivity contribution in [2.75, 3.05) is 12.3 Å². The Bertz CT molecular complexity index is 334. The van der Waals surface area contributed by atoms with Crippen LogP contribution in [-0.2, 0) is 11.3 Å². The summed E-state index contributed by atoms with van der Waals surface area (Å²) in [6.07, 6.45) is 4.80. The average molecular weight is 253 g/mol. The molecule has 1 rings (SSSR count). The van der Waals surface area contributed by atoms with Crippen LogP contribution in [0, 0.1) is 11.7 Å². The van der Waals surface area contributed by atoms with Gasteiger partial charge in [0, 0.05) is 12.3 Å². The number of unbranched alkanes of at least 4 members (excludes halogenated alkanes) is 1. The summed E-state index contributed by atoms with van der Waals surface area (Å²) in [4.78, 5) is 0. The van der Waals surface area contributed by atoms with E-state index < -0.39 is 0 Å². The molecule has 0 amide bonds. The number of rotatable bonds is 8.